The van der Waals surface area contributed by atoms with Crippen LogP contribution in [0.5, 0.6) is 0 Å². The Morgan fingerprint density at radius 1 is 1.00 bits per heavy atom. The van der Waals surface area contributed by atoms with E-state index in [1.807, 2.05) is 0 Å². The van der Waals surface area contributed by atoms with E-state index in [0.717, 1.165) is 0 Å². The second-order valence-corrected chi connectivity index (χ2v) is 6.48. The molecule has 1 nitrogen and oxygen atoms in total. The maximum atomic E-state index is 6.54. The average molecular weight is 273 g/mol. The zero-order chi connectivity index (χ0) is 14.2. The lowest BCUT2D eigenvalue weighted by Crippen LogP contribution is -2.22. The number of rotatable bonds is 5. The van der Waals surface area contributed by atoms with Gasteiger partial charge in [-0.05, 0) is 42.7 Å². The molecule has 0 heterocycles. The predicted molar refractivity (Wildman–Crippen MR) is 87.8 cm³/mol. The molecule has 0 radical (unpaired) electrons. The van der Waals surface area contributed by atoms with Gasteiger partial charge in [0.25, 0.3) is 0 Å². The first-order chi connectivity index (χ1) is 9.81. The van der Waals surface area contributed by atoms with Gasteiger partial charge in [0.1, 0.15) is 0 Å². The van der Waals surface area contributed by atoms with Gasteiger partial charge < -0.3 is 5.73 Å². The number of nitrogens with two attached hydrogens (primary N) is 1. The normalized spacial score (nSPS) is 19.3. The lowest BCUT2D eigenvalue weighted by Gasteiger charge is -2.26. The van der Waals surface area contributed by atoms with Crippen molar-refractivity contribution in [3.05, 3.63) is 35.4 Å². The van der Waals surface area contributed by atoms with Crippen LogP contribution < -0.4 is 5.73 Å². The van der Waals surface area contributed by atoms with Crippen LogP contribution in [0.1, 0.15) is 81.9 Å². The molecule has 0 saturated heterocycles. The van der Waals surface area contributed by atoms with Crippen molar-refractivity contribution in [3.63, 3.8) is 0 Å². The van der Waals surface area contributed by atoms with Gasteiger partial charge in [0.2, 0.25) is 0 Å². The Labute approximate surface area is 125 Å². The number of aryl methyl sites for hydroxylation is 1. The Bertz CT molecular complexity index is 360. The Morgan fingerprint density at radius 3 is 2.20 bits per heavy atom. The predicted octanol–water partition coefficient (Wildman–Crippen LogP) is 5.39. The molecule has 1 unspecified atom stereocenters. The highest BCUT2D eigenvalue weighted by atomic mass is 14.7. The quantitative estimate of drug-likeness (QED) is 0.764. The third-order valence-electron chi connectivity index (χ3n) is 4.84. The summed E-state index contributed by atoms with van der Waals surface area (Å²) in [5.41, 5.74) is 9.34. The van der Waals surface area contributed by atoms with Crippen molar-refractivity contribution >= 4 is 0 Å². The largest absolute Gasteiger partial charge is 0.324 e. The van der Waals surface area contributed by atoms with Gasteiger partial charge in [-0.15, -0.1) is 0 Å². The summed E-state index contributed by atoms with van der Waals surface area (Å²) in [5.74, 6) is 0.691. The summed E-state index contributed by atoms with van der Waals surface area (Å²) < 4.78 is 0. The minimum Gasteiger partial charge on any atom is -0.324 e. The molecule has 112 valence electrons. The molecule has 1 aliphatic rings. The van der Waals surface area contributed by atoms with Crippen LogP contribution >= 0.6 is 0 Å². The Kier molecular flexibility index (Phi) is 6.59. The minimum atomic E-state index is 0.244. The number of benzene rings is 1. The molecule has 20 heavy (non-hydrogen) atoms. The van der Waals surface area contributed by atoms with Gasteiger partial charge in [-0.3, -0.25) is 0 Å². The molecule has 0 spiro atoms. The first-order valence-corrected chi connectivity index (χ1v) is 8.65. The highest BCUT2D eigenvalue weighted by molar-refractivity contribution is 5.25. The first-order valence-electron chi connectivity index (χ1n) is 8.65. The Morgan fingerprint density at radius 2 is 1.60 bits per heavy atom. The molecule has 0 aromatic heterocycles. The van der Waals surface area contributed by atoms with E-state index >= 15 is 0 Å². The summed E-state index contributed by atoms with van der Waals surface area (Å²) in [6.07, 6.45) is 13.4. The van der Waals surface area contributed by atoms with Crippen LogP contribution in [0.2, 0.25) is 0 Å². The van der Waals surface area contributed by atoms with E-state index < -0.39 is 0 Å². The van der Waals surface area contributed by atoms with Crippen LogP contribution in [0.25, 0.3) is 0 Å². The Balaban J connectivity index is 1.94. The third kappa shape index (κ3) is 4.63. The number of hydrogen-bond donors (Lipinski definition) is 1. The van der Waals surface area contributed by atoms with E-state index in [-0.39, 0.29) is 6.04 Å². The molecule has 1 aromatic carbocycles. The van der Waals surface area contributed by atoms with Gasteiger partial charge in [-0.25, -0.2) is 0 Å². The first kappa shape index (κ1) is 15.6. The lowest BCUT2D eigenvalue weighted by molar-refractivity contribution is 0.327. The highest BCUT2D eigenvalue weighted by Gasteiger charge is 2.20. The van der Waals surface area contributed by atoms with E-state index in [0.29, 0.717) is 5.92 Å². The number of hydrogen-bond acceptors (Lipinski definition) is 1. The Hall–Kier alpha value is -0.820. The molecule has 2 rings (SSSR count). The summed E-state index contributed by atoms with van der Waals surface area (Å²) in [7, 11) is 0. The molecule has 1 saturated carbocycles. The van der Waals surface area contributed by atoms with Gasteiger partial charge in [-0.1, -0.05) is 69.7 Å². The van der Waals surface area contributed by atoms with Gasteiger partial charge in [0.05, 0.1) is 0 Å². The van der Waals surface area contributed by atoms with Crippen molar-refractivity contribution in [2.24, 2.45) is 11.7 Å². The summed E-state index contributed by atoms with van der Waals surface area (Å²) in [6, 6.07) is 9.36. The minimum absolute atomic E-state index is 0.244. The van der Waals surface area contributed by atoms with E-state index in [4.69, 9.17) is 5.73 Å². The fourth-order valence-electron chi connectivity index (χ4n) is 3.41. The van der Waals surface area contributed by atoms with Crippen LogP contribution in [0.3, 0.4) is 0 Å². The molecule has 1 fully saturated rings. The molecular formula is C19H31N. The van der Waals surface area contributed by atoms with Gasteiger partial charge in [0.15, 0.2) is 0 Å². The maximum absolute atomic E-state index is 6.54. The van der Waals surface area contributed by atoms with Crippen LogP contribution in [0, 0.1) is 5.92 Å². The van der Waals surface area contributed by atoms with Crippen LogP contribution in [0.15, 0.2) is 24.3 Å². The van der Waals surface area contributed by atoms with Crippen molar-refractivity contribution in [2.45, 2.75) is 77.2 Å². The summed E-state index contributed by atoms with van der Waals surface area (Å²) in [4.78, 5) is 0. The molecule has 1 atom stereocenters. The summed E-state index contributed by atoms with van der Waals surface area (Å²) >= 11 is 0. The van der Waals surface area contributed by atoms with E-state index in [1.54, 1.807) is 0 Å². The van der Waals surface area contributed by atoms with Gasteiger partial charge >= 0.3 is 0 Å². The van der Waals surface area contributed by atoms with Crippen molar-refractivity contribution in [2.75, 3.05) is 0 Å². The van der Waals surface area contributed by atoms with Crippen LogP contribution in [0.4, 0.5) is 0 Å². The van der Waals surface area contributed by atoms with Crippen LogP contribution in [-0.4, -0.2) is 0 Å². The monoisotopic (exact) mass is 273 g/mol. The molecule has 0 amide bonds. The fraction of sp³-hybridized carbons (Fsp3) is 0.684. The molecule has 0 aliphatic heterocycles. The van der Waals surface area contributed by atoms with Crippen molar-refractivity contribution < 1.29 is 0 Å². The van der Waals surface area contributed by atoms with Gasteiger partial charge in [0, 0.05) is 6.04 Å². The average Bonchev–Trinajstić information content (AvgIpc) is 2.45. The molecule has 1 heteroatoms. The SMILES string of the molecule is CCCCc1ccc(C(N)C2CCCCCCC2)cc1. The summed E-state index contributed by atoms with van der Waals surface area (Å²) in [6.45, 7) is 2.25. The van der Waals surface area contributed by atoms with Crippen molar-refractivity contribution in [1.29, 1.82) is 0 Å². The third-order valence-corrected chi connectivity index (χ3v) is 4.84. The second-order valence-electron chi connectivity index (χ2n) is 6.48. The molecular weight excluding hydrogens is 242 g/mol. The van der Waals surface area contributed by atoms with E-state index in [1.165, 1.54) is 75.3 Å². The van der Waals surface area contributed by atoms with Crippen molar-refractivity contribution in [1.82, 2.24) is 0 Å². The molecule has 1 aromatic rings. The lowest BCUT2D eigenvalue weighted by atomic mass is 9.83. The van der Waals surface area contributed by atoms with Crippen LogP contribution in [-0.2, 0) is 6.42 Å². The maximum Gasteiger partial charge on any atom is 0.0323 e. The topological polar surface area (TPSA) is 26.0 Å². The standard InChI is InChI=1S/C19H31N/c1-2-3-9-16-12-14-18(15-13-16)19(20)17-10-7-5-4-6-8-11-17/h12-15,17,19H,2-11,20H2,1H3. The van der Waals surface area contributed by atoms with E-state index in [2.05, 4.69) is 31.2 Å². The molecule has 0 bridgehead atoms. The van der Waals surface area contributed by atoms with Crippen molar-refractivity contribution in [3.8, 4) is 0 Å². The second kappa shape index (κ2) is 8.46. The molecule has 2 N–H and O–H groups in total. The fourth-order valence-corrected chi connectivity index (χ4v) is 3.41. The zero-order valence-corrected chi connectivity index (χ0v) is 13.1. The summed E-state index contributed by atoms with van der Waals surface area (Å²) in [5, 5.41) is 0. The highest BCUT2D eigenvalue weighted by Crippen LogP contribution is 2.31. The van der Waals surface area contributed by atoms with Gasteiger partial charge in [-0.2, -0.15) is 0 Å². The smallest absolute Gasteiger partial charge is 0.0323 e. The number of unbranched alkanes of at least 4 members (excludes halogenated alkanes) is 1. The molecule has 1 aliphatic carbocycles. The zero-order valence-electron chi connectivity index (χ0n) is 13.1. The van der Waals surface area contributed by atoms with E-state index in [9.17, 15) is 0 Å².